The van der Waals surface area contributed by atoms with Gasteiger partial charge in [0, 0.05) is 0 Å². The summed E-state index contributed by atoms with van der Waals surface area (Å²) in [7, 11) is 0. The molecule has 0 fully saturated rings. The largest absolute Gasteiger partial charge is 0.477 e. The third kappa shape index (κ3) is 4.22. The van der Waals surface area contributed by atoms with Crippen LogP contribution in [0.3, 0.4) is 0 Å². The summed E-state index contributed by atoms with van der Waals surface area (Å²) in [4.78, 5) is 4.48. The Bertz CT molecular complexity index is 786. The van der Waals surface area contributed by atoms with Gasteiger partial charge < -0.3 is 5.11 Å². The second kappa shape index (κ2) is 8.19. The van der Waals surface area contributed by atoms with Crippen molar-refractivity contribution in [2.24, 2.45) is 0 Å². The highest BCUT2D eigenvalue weighted by Crippen LogP contribution is 2.63. The van der Waals surface area contributed by atoms with Crippen molar-refractivity contribution in [3.8, 4) is 0 Å². The van der Waals surface area contributed by atoms with Gasteiger partial charge in [0.15, 0.2) is 0 Å². The second-order valence-corrected chi connectivity index (χ2v) is 6.13. The zero-order valence-corrected chi connectivity index (χ0v) is 15.1. The van der Waals surface area contributed by atoms with Crippen molar-refractivity contribution in [1.82, 2.24) is 4.90 Å². The minimum absolute atomic E-state index is 4.82. The molecule has 0 amide bonds. The zero-order valence-electron chi connectivity index (χ0n) is 15.1. The van der Waals surface area contributed by atoms with Gasteiger partial charge in [-0.15, -0.1) is 4.90 Å². The number of carboxylic acids is 1. The number of hydrogen-bond acceptors (Lipinski definition) is 2. The SMILES string of the molecule is O=C(O)C(F)(F)C(F)(F)N(C(F)(F)C(F)(F)C(F)(F)C(F)(F)F)C(F)(F)C(F)(F)C(F)(F)C(F)(F)F. The minimum atomic E-state index is -9.33. The normalized spacial score (nSPS) is 16.5. The van der Waals surface area contributed by atoms with Crippen molar-refractivity contribution in [2.45, 2.75) is 60.1 Å². The highest BCUT2D eigenvalue weighted by molar-refractivity contribution is 5.76. The summed E-state index contributed by atoms with van der Waals surface area (Å²) in [6.07, 6.45) is -16.4. The summed E-state index contributed by atoms with van der Waals surface area (Å²) in [6, 6.07) is -27.5. The fourth-order valence-electron chi connectivity index (χ4n) is 1.81. The molecule has 0 atom stereocenters. The molecule has 0 saturated heterocycles. The van der Waals surface area contributed by atoms with E-state index >= 15 is 0 Å². The van der Waals surface area contributed by atoms with Crippen LogP contribution in [0.2, 0.25) is 0 Å². The number of nitrogens with zero attached hydrogens (tertiary/aromatic N) is 1. The van der Waals surface area contributed by atoms with Crippen LogP contribution in [0.15, 0.2) is 0 Å². The summed E-state index contributed by atoms with van der Waals surface area (Å²) in [5.74, 6) is -48.5. The third-order valence-corrected chi connectivity index (χ3v) is 3.75. The lowest BCUT2D eigenvalue weighted by atomic mass is 10.0. The number of rotatable bonds is 9. The molecule has 0 aromatic rings. The van der Waals surface area contributed by atoms with Crippen LogP contribution in [0, 0.1) is 0 Å². The van der Waals surface area contributed by atoms with Crippen molar-refractivity contribution in [1.29, 1.82) is 0 Å². The Morgan fingerprint density at radius 1 is 0.417 bits per heavy atom. The third-order valence-electron chi connectivity index (χ3n) is 3.75. The highest BCUT2D eigenvalue weighted by atomic mass is 19.4. The Morgan fingerprint density at radius 3 is 0.806 bits per heavy atom. The molecule has 1 N–H and O–H groups in total. The number of aliphatic carboxylic acids is 1. The van der Waals surface area contributed by atoms with Gasteiger partial charge in [-0.3, -0.25) is 0 Å². The number of carboxylic acid groups (broad SMARTS) is 1. The molecule has 0 bridgehead atoms. The van der Waals surface area contributed by atoms with E-state index in [0.29, 0.717) is 0 Å². The molecule has 0 radical (unpaired) electrons. The van der Waals surface area contributed by atoms with E-state index in [1.165, 1.54) is 0 Å². The van der Waals surface area contributed by atoms with Crippen LogP contribution in [0.4, 0.5) is 96.6 Å². The van der Waals surface area contributed by atoms with Crippen LogP contribution in [0.25, 0.3) is 0 Å². The molecule has 0 aliphatic carbocycles. The van der Waals surface area contributed by atoms with Gasteiger partial charge in [0.05, 0.1) is 0 Å². The molecule has 0 heterocycles. The van der Waals surface area contributed by atoms with Gasteiger partial charge in [0.25, 0.3) is 0 Å². The quantitative estimate of drug-likeness (QED) is 0.246. The highest BCUT2D eigenvalue weighted by Gasteiger charge is 2.94. The molecular formula is C11HF22NO2. The van der Waals surface area contributed by atoms with Gasteiger partial charge in [-0.2, -0.15) is 96.6 Å². The maximum atomic E-state index is 13.7. The molecule has 3 nitrogen and oxygen atoms in total. The van der Waals surface area contributed by atoms with E-state index in [4.69, 9.17) is 5.11 Å². The lowest BCUT2D eigenvalue weighted by Crippen LogP contribution is -2.80. The number of alkyl halides is 22. The standard InChI is InChI=1S/C11HF22NO2/c12-2(13,1(35)36)9(28,29)34(10(30,31)5(18,19)3(14,15)7(22,23)24)11(32,33)6(20,21)4(16,17)8(25,26)27/h(H,35,36). The lowest BCUT2D eigenvalue weighted by molar-refractivity contribution is -0.512. The Labute approximate surface area is 179 Å². The Balaban J connectivity index is 7.88. The van der Waals surface area contributed by atoms with E-state index in [1.807, 2.05) is 0 Å². The predicted molar refractivity (Wildman–Crippen MR) is 61.2 cm³/mol. The summed E-state index contributed by atoms with van der Waals surface area (Å²) < 4.78 is 285. The van der Waals surface area contributed by atoms with Crippen molar-refractivity contribution in [3.05, 3.63) is 0 Å². The van der Waals surface area contributed by atoms with Crippen molar-refractivity contribution < 1.29 is 106 Å². The molecule has 0 saturated carbocycles. The monoisotopic (exact) mass is 597 g/mol. The van der Waals surface area contributed by atoms with Crippen LogP contribution < -0.4 is 0 Å². The molecule has 0 spiro atoms. The zero-order chi connectivity index (χ0) is 30.2. The van der Waals surface area contributed by atoms with Crippen LogP contribution in [-0.4, -0.2) is 76.1 Å². The van der Waals surface area contributed by atoms with Crippen LogP contribution in [0.5, 0.6) is 0 Å². The molecule has 0 aromatic carbocycles. The maximum absolute atomic E-state index is 13.7. The van der Waals surface area contributed by atoms with Gasteiger partial charge in [-0.05, 0) is 0 Å². The smallest absolute Gasteiger partial charge is 0.460 e. The lowest BCUT2D eigenvalue weighted by Gasteiger charge is -2.48. The van der Waals surface area contributed by atoms with E-state index < -0.39 is 71.0 Å². The fraction of sp³-hybridized carbons (Fsp3) is 0.909. The Morgan fingerprint density at radius 2 is 0.639 bits per heavy atom. The van der Waals surface area contributed by atoms with E-state index in [1.54, 1.807) is 0 Å². The average molecular weight is 597 g/mol. The first kappa shape index (κ1) is 33.9. The Hall–Kier alpha value is -2.11. The van der Waals surface area contributed by atoms with Gasteiger partial charge in [0.1, 0.15) is 0 Å². The van der Waals surface area contributed by atoms with Crippen LogP contribution in [0.1, 0.15) is 0 Å². The first-order valence-electron chi connectivity index (χ1n) is 7.26. The first-order chi connectivity index (χ1) is 15.1. The van der Waals surface area contributed by atoms with E-state index in [0.717, 1.165) is 0 Å². The van der Waals surface area contributed by atoms with Crippen molar-refractivity contribution in [2.75, 3.05) is 0 Å². The van der Waals surface area contributed by atoms with Gasteiger partial charge in [-0.25, -0.2) is 4.79 Å². The number of hydrogen-bond donors (Lipinski definition) is 1. The molecule has 0 aliphatic rings. The second-order valence-electron chi connectivity index (χ2n) is 6.13. The summed E-state index contributed by atoms with van der Waals surface area (Å²) in [5, 5.41) is 7.76. The van der Waals surface area contributed by atoms with E-state index in [9.17, 15) is 101 Å². The van der Waals surface area contributed by atoms with E-state index in [-0.39, 0.29) is 0 Å². The van der Waals surface area contributed by atoms with Crippen molar-refractivity contribution >= 4 is 5.97 Å². The van der Waals surface area contributed by atoms with Crippen LogP contribution in [-0.2, 0) is 4.79 Å². The molecule has 36 heavy (non-hydrogen) atoms. The minimum Gasteiger partial charge on any atom is -0.477 e. The fourth-order valence-corrected chi connectivity index (χ4v) is 1.81. The molecule has 0 aromatic heterocycles. The average Bonchev–Trinajstić information content (AvgIpc) is 2.57. The maximum Gasteiger partial charge on any atom is 0.460 e. The topological polar surface area (TPSA) is 40.5 Å². The summed E-state index contributed by atoms with van der Waals surface area (Å²) >= 11 is 0. The molecule has 216 valence electrons. The van der Waals surface area contributed by atoms with Gasteiger partial charge in [0.2, 0.25) is 0 Å². The predicted octanol–water partition coefficient (Wildman–Crippen LogP) is 6.45. The number of halogens is 22. The van der Waals surface area contributed by atoms with Crippen molar-refractivity contribution in [3.63, 3.8) is 0 Å². The molecular weight excluding hydrogens is 596 g/mol. The van der Waals surface area contributed by atoms with E-state index in [2.05, 4.69) is 0 Å². The molecule has 0 aliphatic heterocycles. The first-order valence-corrected chi connectivity index (χ1v) is 7.26. The van der Waals surface area contributed by atoms with Gasteiger partial charge >= 0.3 is 66.1 Å². The van der Waals surface area contributed by atoms with Gasteiger partial charge in [-0.1, -0.05) is 0 Å². The molecule has 0 rings (SSSR count). The Kier molecular flexibility index (Phi) is 7.71. The summed E-state index contributed by atoms with van der Waals surface area (Å²) in [5.41, 5.74) is 0. The van der Waals surface area contributed by atoms with Crippen LogP contribution >= 0.6 is 0 Å². The molecule has 0 unspecified atom stereocenters. The molecule has 25 heteroatoms. The number of carbonyl (C=O) groups is 1. The summed E-state index contributed by atoms with van der Waals surface area (Å²) in [6.45, 7) is 0.